The van der Waals surface area contributed by atoms with Gasteiger partial charge in [0.2, 0.25) is 0 Å². The first-order valence-corrected chi connectivity index (χ1v) is 7.17. The summed E-state index contributed by atoms with van der Waals surface area (Å²) < 4.78 is 6.00. The largest absolute Gasteiger partial charge is 0.487 e. The Morgan fingerprint density at radius 3 is 3.00 bits per heavy atom. The first-order chi connectivity index (χ1) is 8.62. The standard InChI is InChI=1S/C16H23NO/c1-16(2)11-13-7-6-12(10-15(13)18-16)9-14-5-3-4-8-17-14/h6-7,10,14,17H,3-5,8-9,11H2,1-2H3. The predicted molar refractivity (Wildman–Crippen MR) is 74.2 cm³/mol. The molecular weight excluding hydrogens is 222 g/mol. The summed E-state index contributed by atoms with van der Waals surface area (Å²) in [6.07, 6.45) is 6.18. The zero-order chi connectivity index (χ0) is 12.6. The molecule has 1 aromatic carbocycles. The summed E-state index contributed by atoms with van der Waals surface area (Å²) in [6, 6.07) is 7.44. The highest BCUT2D eigenvalue weighted by atomic mass is 16.5. The fourth-order valence-electron chi connectivity index (χ4n) is 3.14. The molecule has 0 amide bonds. The molecule has 3 rings (SSSR count). The van der Waals surface area contributed by atoms with E-state index in [4.69, 9.17) is 4.74 Å². The van der Waals surface area contributed by atoms with Crippen LogP contribution in [0.1, 0.15) is 44.2 Å². The monoisotopic (exact) mass is 245 g/mol. The molecule has 1 atom stereocenters. The Morgan fingerprint density at radius 1 is 1.33 bits per heavy atom. The highest BCUT2D eigenvalue weighted by molar-refractivity contribution is 5.42. The minimum absolute atomic E-state index is 0.0238. The van der Waals surface area contributed by atoms with E-state index in [-0.39, 0.29) is 5.60 Å². The normalized spacial score (nSPS) is 25.6. The van der Waals surface area contributed by atoms with Crippen LogP contribution in [0.2, 0.25) is 0 Å². The highest BCUT2D eigenvalue weighted by Gasteiger charge is 2.30. The summed E-state index contributed by atoms with van der Waals surface area (Å²) in [5, 5.41) is 3.61. The fraction of sp³-hybridized carbons (Fsp3) is 0.625. The molecule has 1 unspecified atom stereocenters. The van der Waals surface area contributed by atoms with Gasteiger partial charge in [0.1, 0.15) is 11.4 Å². The fourth-order valence-corrected chi connectivity index (χ4v) is 3.14. The van der Waals surface area contributed by atoms with Crippen LogP contribution in [-0.4, -0.2) is 18.2 Å². The quantitative estimate of drug-likeness (QED) is 0.864. The molecule has 2 heteroatoms. The predicted octanol–water partition coefficient (Wildman–Crippen LogP) is 3.08. The maximum Gasteiger partial charge on any atom is 0.123 e. The number of fused-ring (bicyclic) bond motifs is 1. The highest BCUT2D eigenvalue weighted by Crippen LogP contribution is 2.35. The molecule has 0 aromatic heterocycles. The summed E-state index contributed by atoms with van der Waals surface area (Å²) in [7, 11) is 0. The van der Waals surface area contributed by atoms with Crippen molar-refractivity contribution in [2.24, 2.45) is 0 Å². The summed E-state index contributed by atoms with van der Waals surface area (Å²) in [4.78, 5) is 0. The average Bonchev–Trinajstić information content (AvgIpc) is 2.63. The van der Waals surface area contributed by atoms with Gasteiger partial charge in [-0.1, -0.05) is 18.6 Å². The van der Waals surface area contributed by atoms with E-state index >= 15 is 0 Å². The number of hydrogen-bond acceptors (Lipinski definition) is 2. The first kappa shape index (κ1) is 12.0. The summed E-state index contributed by atoms with van der Waals surface area (Å²) in [5.74, 6) is 1.10. The van der Waals surface area contributed by atoms with E-state index in [1.54, 1.807) is 0 Å². The average molecular weight is 245 g/mol. The van der Waals surface area contributed by atoms with Gasteiger partial charge in [0.05, 0.1) is 0 Å². The van der Waals surface area contributed by atoms with Gasteiger partial charge in [0.25, 0.3) is 0 Å². The SMILES string of the molecule is CC1(C)Cc2ccc(CC3CCCCN3)cc2O1. The second-order valence-corrected chi connectivity index (χ2v) is 6.33. The van der Waals surface area contributed by atoms with E-state index in [2.05, 4.69) is 37.4 Å². The Morgan fingerprint density at radius 2 is 2.22 bits per heavy atom. The van der Waals surface area contributed by atoms with Crippen molar-refractivity contribution in [2.45, 2.75) is 57.6 Å². The van der Waals surface area contributed by atoms with Crippen molar-refractivity contribution in [3.63, 3.8) is 0 Å². The molecule has 2 nitrogen and oxygen atoms in total. The van der Waals surface area contributed by atoms with Crippen molar-refractivity contribution in [3.05, 3.63) is 29.3 Å². The van der Waals surface area contributed by atoms with Gasteiger partial charge in [-0.3, -0.25) is 0 Å². The molecule has 0 radical (unpaired) electrons. The van der Waals surface area contributed by atoms with Gasteiger partial charge in [0, 0.05) is 12.5 Å². The second kappa shape index (κ2) is 4.58. The molecule has 18 heavy (non-hydrogen) atoms. The third-order valence-electron chi connectivity index (χ3n) is 4.03. The molecule has 0 spiro atoms. The van der Waals surface area contributed by atoms with Crippen molar-refractivity contribution < 1.29 is 4.74 Å². The molecule has 2 heterocycles. The van der Waals surface area contributed by atoms with E-state index in [0.29, 0.717) is 6.04 Å². The summed E-state index contributed by atoms with van der Waals surface area (Å²) in [5.41, 5.74) is 2.75. The van der Waals surface area contributed by atoms with E-state index in [9.17, 15) is 0 Å². The van der Waals surface area contributed by atoms with Crippen LogP contribution in [0.5, 0.6) is 5.75 Å². The van der Waals surface area contributed by atoms with Crippen LogP contribution < -0.4 is 10.1 Å². The lowest BCUT2D eigenvalue weighted by atomic mass is 9.96. The van der Waals surface area contributed by atoms with Crippen molar-refractivity contribution in [1.29, 1.82) is 0 Å². The lowest BCUT2D eigenvalue weighted by Gasteiger charge is -2.23. The Kier molecular flexibility index (Phi) is 3.06. The van der Waals surface area contributed by atoms with Crippen molar-refractivity contribution in [3.8, 4) is 5.75 Å². The topological polar surface area (TPSA) is 21.3 Å². The van der Waals surface area contributed by atoms with Crippen molar-refractivity contribution in [1.82, 2.24) is 5.32 Å². The minimum atomic E-state index is -0.0238. The number of piperidine rings is 1. The van der Waals surface area contributed by atoms with Gasteiger partial charge < -0.3 is 10.1 Å². The summed E-state index contributed by atoms with van der Waals surface area (Å²) in [6.45, 7) is 5.50. The van der Waals surface area contributed by atoms with Crippen LogP contribution in [-0.2, 0) is 12.8 Å². The van der Waals surface area contributed by atoms with Crippen LogP contribution in [0.15, 0.2) is 18.2 Å². The first-order valence-electron chi connectivity index (χ1n) is 7.17. The van der Waals surface area contributed by atoms with Crippen molar-refractivity contribution >= 4 is 0 Å². The lowest BCUT2D eigenvalue weighted by Crippen LogP contribution is -2.35. The van der Waals surface area contributed by atoms with Gasteiger partial charge in [0.15, 0.2) is 0 Å². The van der Waals surface area contributed by atoms with E-state index in [1.807, 2.05) is 0 Å². The van der Waals surface area contributed by atoms with Crippen LogP contribution >= 0.6 is 0 Å². The van der Waals surface area contributed by atoms with E-state index < -0.39 is 0 Å². The van der Waals surface area contributed by atoms with Crippen LogP contribution in [0.3, 0.4) is 0 Å². The minimum Gasteiger partial charge on any atom is -0.487 e. The molecule has 0 aliphatic carbocycles. The Labute approximate surface area is 110 Å². The molecule has 0 saturated carbocycles. The molecule has 98 valence electrons. The smallest absolute Gasteiger partial charge is 0.123 e. The van der Waals surface area contributed by atoms with Gasteiger partial charge in [-0.15, -0.1) is 0 Å². The molecule has 2 aliphatic rings. The third-order valence-corrected chi connectivity index (χ3v) is 4.03. The number of rotatable bonds is 2. The molecular formula is C16H23NO. The van der Waals surface area contributed by atoms with E-state index in [1.165, 1.54) is 36.9 Å². The van der Waals surface area contributed by atoms with Crippen LogP contribution in [0, 0.1) is 0 Å². The molecule has 1 fully saturated rings. The zero-order valence-electron chi connectivity index (χ0n) is 11.5. The Hall–Kier alpha value is -1.02. The second-order valence-electron chi connectivity index (χ2n) is 6.33. The van der Waals surface area contributed by atoms with Gasteiger partial charge >= 0.3 is 0 Å². The third kappa shape index (κ3) is 2.54. The van der Waals surface area contributed by atoms with E-state index in [0.717, 1.165) is 18.6 Å². The lowest BCUT2D eigenvalue weighted by molar-refractivity contribution is 0.138. The molecule has 1 aromatic rings. The zero-order valence-corrected chi connectivity index (χ0v) is 11.5. The molecule has 1 N–H and O–H groups in total. The number of nitrogens with one attached hydrogen (secondary N) is 1. The molecule has 0 bridgehead atoms. The number of hydrogen-bond donors (Lipinski definition) is 1. The molecule has 1 saturated heterocycles. The van der Waals surface area contributed by atoms with Gasteiger partial charge in [-0.2, -0.15) is 0 Å². The molecule has 2 aliphatic heterocycles. The van der Waals surface area contributed by atoms with Crippen LogP contribution in [0.25, 0.3) is 0 Å². The van der Waals surface area contributed by atoms with Gasteiger partial charge in [-0.25, -0.2) is 0 Å². The maximum absolute atomic E-state index is 6.00. The van der Waals surface area contributed by atoms with Gasteiger partial charge in [-0.05, 0) is 56.8 Å². The number of ether oxygens (including phenoxy) is 1. The summed E-state index contributed by atoms with van der Waals surface area (Å²) >= 11 is 0. The number of benzene rings is 1. The maximum atomic E-state index is 6.00. The van der Waals surface area contributed by atoms with Crippen molar-refractivity contribution in [2.75, 3.05) is 6.54 Å². The Balaban J connectivity index is 1.71. The Bertz CT molecular complexity index is 433. The van der Waals surface area contributed by atoms with Crippen LogP contribution in [0.4, 0.5) is 0 Å².